The lowest BCUT2D eigenvalue weighted by atomic mass is 10.2. The van der Waals surface area contributed by atoms with Crippen LogP contribution in [0.15, 0.2) is 34.9 Å². The molecule has 21 heavy (non-hydrogen) atoms. The molecular formula is C12H6BrFN2O5. The largest absolute Gasteiger partial charge is 0.477 e. The maximum Gasteiger partial charge on any atom is 0.341 e. The number of ether oxygens (including phenoxy) is 1. The zero-order valence-corrected chi connectivity index (χ0v) is 11.7. The van der Waals surface area contributed by atoms with Crippen molar-refractivity contribution in [3.8, 4) is 11.6 Å². The number of aromatic carboxylic acids is 1. The highest BCUT2D eigenvalue weighted by Crippen LogP contribution is 2.32. The molecule has 2 aromatic rings. The zero-order valence-electron chi connectivity index (χ0n) is 10.1. The van der Waals surface area contributed by atoms with Gasteiger partial charge in [0.25, 0.3) is 5.69 Å². The van der Waals surface area contributed by atoms with Gasteiger partial charge in [0.05, 0.1) is 9.40 Å². The van der Waals surface area contributed by atoms with E-state index in [-0.39, 0.29) is 11.6 Å². The van der Waals surface area contributed by atoms with Crippen LogP contribution in [-0.4, -0.2) is 21.0 Å². The van der Waals surface area contributed by atoms with Crippen molar-refractivity contribution in [3.63, 3.8) is 0 Å². The first-order chi connectivity index (χ1) is 9.88. The number of hydrogen-bond donors (Lipinski definition) is 1. The summed E-state index contributed by atoms with van der Waals surface area (Å²) in [4.78, 5) is 24.6. The van der Waals surface area contributed by atoms with Crippen molar-refractivity contribution < 1.29 is 24.0 Å². The summed E-state index contributed by atoms with van der Waals surface area (Å²) in [5.41, 5.74) is -0.988. The highest BCUT2D eigenvalue weighted by molar-refractivity contribution is 9.10. The van der Waals surface area contributed by atoms with E-state index >= 15 is 0 Å². The summed E-state index contributed by atoms with van der Waals surface area (Å²) in [6.45, 7) is 0. The van der Waals surface area contributed by atoms with Gasteiger partial charge < -0.3 is 9.84 Å². The summed E-state index contributed by atoms with van der Waals surface area (Å²) < 4.78 is 18.7. The average Bonchev–Trinajstić information content (AvgIpc) is 2.42. The van der Waals surface area contributed by atoms with E-state index in [9.17, 15) is 19.3 Å². The van der Waals surface area contributed by atoms with Crippen LogP contribution in [0.5, 0.6) is 11.6 Å². The number of pyridine rings is 1. The van der Waals surface area contributed by atoms with Gasteiger partial charge in [0.1, 0.15) is 23.3 Å². The third-order valence-corrected chi connectivity index (χ3v) is 3.03. The smallest absolute Gasteiger partial charge is 0.341 e. The minimum absolute atomic E-state index is 0.00106. The van der Waals surface area contributed by atoms with E-state index in [0.29, 0.717) is 4.47 Å². The Bertz CT molecular complexity index is 738. The fraction of sp³-hybridized carbons (Fsp3) is 0. The van der Waals surface area contributed by atoms with Gasteiger partial charge in [-0.05, 0) is 28.1 Å². The molecular weight excluding hydrogens is 351 g/mol. The number of benzene rings is 1. The Hall–Kier alpha value is -2.55. The fourth-order valence-electron chi connectivity index (χ4n) is 1.44. The van der Waals surface area contributed by atoms with Crippen molar-refractivity contribution >= 4 is 27.6 Å². The van der Waals surface area contributed by atoms with E-state index < -0.39 is 28.0 Å². The van der Waals surface area contributed by atoms with Crippen LogP contribution in [-0.2, 0) is 0 Å². The van der Waals surface area contributed by atoms with Crippen LogP contribution in [0.4, 0.5) is 10.1 Å². The van der Waals surface area contributed by atoms with Gasteiger partial charge in [-0.3, -0.25) is 10.1 Å². The van der Waals surface area contributed by atoms with E-state index in [1.807, 2.05) is 0 Å². The molecule has 0 aliphatic heterocycles. The molecule has 0 aliphatic carbocycles. The monoisotopic (exact) mass is 356 g/mol. The first-order valence-corrected chi connectivity index (χ1v) is 6.18. The van der Waals surface area contributed by atoms with E-state index in [0.717, 1.165) is 18.3 Å². The molecule has 1 N–H and O–H groups in total. The highest BCUT2D eigenvalue weighted by atomic mass is 79.9. The van der Waals surface area contributed by atoms with Crippen LogP contribution in [0.1, 0.15) is 10.4 Å². The predicted molar refractivity (Wildman–Crippen MR) is 72.0 cm³/mol. The number of nitro groups is 1. The van der Waals surface area contributed by atoms with Crippen LogP contribution in [0, 0.1) is 15.9 Å². The summed E-state index contributed by atoms with van der Waals surface area (Å²) in [7, 11) is 0. The van der Waals surface area contributed by atoms with Gasteiger partial charge in [-0.2, -0.15) is 0 Å². The molecule has 0 unspecified atom stereocenters. The minimum Gasteiger partial charge on any atom is -0.477 e. The zero-order chi connectivity index (χ0) is 15.6. The Labute approximate surface area is 125 Å². The molecule has 0 aliphatic rings. The molecule has 0 saturated carbocycles. The van der Waals surface area contributed by atoms with Gasteiger partial charge in [0.2, 0.25) is 5.88 Å². The Balaban J connectivity index is 2.46. The van der Waals surface area contributed by atoms with Gasteiger partial charge in [-0.25, -0.2) is 14.2 Å². The molecule has 1 aromatic heterocycles. The second kappa shape index (κ2) is 5.83. The molecule has 0 atom stereocenters. The lowest BCUT2D eigenvalue weighted by molar-refractivity contribution is -0.385. The van der Waals surface area contributed by atoms with Crippen LogP contribution in [0.3, 0.4) is 0 Å². The van der Waals surface area contributed by atoms with Gasteiger partial charge in [0, 0.05) is 12.1 Å². The van der Waals surface area contributed by atoms with Crippen molar-refractivity contribution in [2.45, 2.75) is 0 Å². The van der Waals surface area contributed by atoms with Crippen LogP contribution in [0.2, 0.25) is 0 Å². The fourth-order valence-corrected chi connectivity index (χ4v) is 1.76. The molecule has 0 spiro atoms. The molecule has 1 heterocycles. The van der Waals surface area contributed by atoms with E-state index in [1.165, 1.54) is 12.1 Å². The van der Waals surface area contributed by atoms with Gasteiger partial charge in [-0.1, -0.05) is 0 Å². The lowest BCUT2D eigenvalue weighted by Crippen LogP contribution is -2.04. The number of aromatic nitrogens is 1. The lowest BCUT2D eigenvalue weighted by Gasteiger charge is -2.09. The maximum atomic E-state index is 13.2. The highest BCUT2D eigenvalue weighted by Gasteiger charge is 2.20. The second-order valence-corrected chi connectivity index (χ2v) is 4.64. The van der Waals surface area contributed by atoms with E-state index in [1.54, 1.807) is 0 Å². The molecule has 1 aromatic carbocycles. The number of halogens is 2. The molecule has 0 saturated heterocycles. The van der Waals surface area contributed by atoms with Crippen molar-refractivity contribution in [2.24, 2.45) is 0 Å². The Morgan fingerprint density at radius 1 is 1.43 bits per heavy atom. The number of rotatable bonds is 4. The number of nitrogens with zero attached hydrogens (tertiary/aromatic N) is 2. The molecule has 9 heteroatoms. The van der Waals surface area contributed by atoms with Crippen molar-refractivity contribution in [3.05, 3.63) is 56.4 Å². The Kier molecular flexibility index (Phi) is 4.13. The van der Waals surface area contributed by atoms with E-state index in [2.05, 4.69) is 20.9 Å². The molecule has 108 valence electrons. The number of carbonyl (C=O) groups is 1. The third-order valence-electron chi connectivity index (χ3n) is 2.38. The molecule has 0 amide bonds. The quantitative estimate of drug-likeness (QED) is 0.665. The molecule has 0 radical (unpaired) electrons. The third kappa shape index (κ3) is 3.31. The standard InChI is InChI=1S/C12H6BrFN2O5/c13-9-2-1-6(14)3-10(9)21-11-8(12(17)18)4-7(5-15-11)16(19)20/h1-5H,(H,17,18). The van der Waals surface area contributed by atoms with Crippen molar-refractivity contribution in [2.75, 3.05) is 0 Å². The molecule has 0 bridgehead atoms. The van der Waals surface area contributed by atoms with Crippen LogP contribution < -0.4 is 4.74 Å². The van der Waals surface area contributed by atoms with Crippen molar-refractivity contribution in [1.82, 2.24) is 4.98 Å². The number of carboxylic acid groups (broad SMARTS) is 1. The number of carboxylic acids is 1. The Morgan fingerprint density at radius 2 is 2.14 bits per heavy atom. The Morgan fingerprint density at radius 3 is 2.76 bits per heavy atom. The van der Waals surface area contributed by atoms with Crippen LogP contribution >= 0.6 is 15.9 Å². The van der Waals surface area contributed by atoms with Gasteiger partial charge >= 0.3 is 5.97 Å². The van der Waals surface area contributed by atoms with Gasteiger partial charge in [-0.15, -0.1) is 0 Å². The summed E-state index contributed by atoms with van der Waals surface area (Å²) in [5.74, 6) is -2.42. The number of hydrogen-bond acceptors (Lipinski definition) is 5. The normalized spacial score (nSPS) is 10.2. The summed E-state index contributed by atoms with van der Waals surface area (Å²) in [6.07, 6.45) is 0.856. The van der Waals surface area contributed by atoms with Crippen LogP contribution in [0.25, 0.3) is 0 Å². The second-order valence-electron chi connectivity index (χ2n) is 3.79. The topological polar surface area (TPSA) is 103 Å². The van der Waals surface area contributed by atoms with Crippen molar-refractivity contribution in [1.29, 1.82) is 0 Å². The summed E-state index contributed by atoms with van der Waals surface area (Å²) in [5, 5.41) is 19.7. The first kappa shape index (κ1) is 14.9. The van der Waals surface area contributed by atoms with E-state index in [4.69, 9.17) is 9.84 Å². The minimum atomic E-state index is -1.45. The molecule has 7 nitrogen and oxygen atoms in total. The average molecular weight is 357 g/mol. The summed E-state index contributed by atoms with van der Waals surface area (Å²) >= 11 is 3.11. The van der Waals surface area contributed by atoms with Gasteiger partial charge in [0.15, 0.2) is 0 Å². The molecule has 0 fully saturated rings. The SMILES string of the molecule is O=C(O)c1cc([N+](=O)[O-])cnc1Oc1cc(F)ccc1Br. The molecule has 2 rings (SSSR count). The predicted octanol–water partition coefficient (Wildman–Crippen LogP) is 3.38. The maximum absolute atomic E-state index is 13.2. The summed E-state index contributed by atoms with van der Waals surface area (Å²) in [6, 6.07) is 4.39. The first-order valence-electron chi connectivity index (χ1n) is 5.39.